The third-order valence-electron chi connectivity index (χ3n) is 6.57. The molecule has 0 aromatic carbocycles. The van der Waals surface area contributed by atoms with E-state index in [-0.39, 0.29) is 11.9 Å². The highest BCUT2D eigenvalue weighted by molar-refractivity contribution is 6.23. The lowest BCUT2D eigenvalue weighted by Gasteiger charge is -2.35. The summed E-state index contributed by atoms with van der Waals surface area (Å²) in [7, 11) is 1.71. The molecule has 0 spiro atoms. The molecule has 9 nitrogen and oxygen atoms in total. The molecule has 0 bridgehead atoms. The minimum atomic E-state index is -0.581. The minimum Gasteiger partial charge on any atom is -0.302 e. The summed E-state index contributed by atoms with van der Waals surface area (Å²) in [5.74, 6) is 0.943. The molecule has 1 atom stereocenters. The lowest BCUT2D eigenvalue weighted by molar-refractivity contribution is -0.534. The fraction of sp³-hybridized carbons (Fsp3) is 0.682. The van der Waals surface area contributed by atoms with Crippen molar-refractivity contribution in [3.05, 3.63) is 17.5 Å². The molecule has 0 radical (unpaired) electrons. The van der Waals surface area contributed by atoms with Crippen LogP contribution in [-0.2, 0) is 17.6 Å². The molecule has 1 unspecified atom stereocenters. The van der Waals surface area contributed by atoms with Gasteiger partial charge in [0.15, 0.2) is 0 Å². The smallest absolute Gasteiger partial charge is 0.302 e. The maximum atomic E-state index is 13.5. The Bertz CT molecular complexity index is 926. The number of aliphatic imine (C=N–C) groups is 1. The number of piperidine rings is 1. The highest BCUT2D eigenvalue weighted by Gasteiger charge is 2.52. The van der Waals surface area contributed by atoms with Gasteiger partial charge in [-0.3, -0.25) is 14.6 Å². The number of nitrogens with zero attached hydrogens (tertiary/aromatic N) is 7. The Labute approximate surface area is 184 Å². The van der Waals surface area contributed by atoms with E-state index in [2.05, 4.69) is 24.8 Å². The van der Waals surface area contributed by atoms with Crippen molar-refractivity contribution in [2.24, 2.45) is 4.99 Å². The van der Waals surface area contributed by atoms with E-state index in [9.17, 15) is 9.59 Å². The monoisotopic (exact) mass is 428 g/mol. The van der Waals surface area contributed by atoms with Crippen LogP contribution in [0.3, 0.4) is 0 Å². The van der Waals surface area contributed by atoms with E-state index >= 15 is 0 Å². The Kier molecular flexibility index (Phi) is 6.22. The highest BCUT2D eigenvalue weighted by atomic mass is 16.2. The molecule has 3 aliphatic rings. The summed E-state index contributed by atoms with van der Waals surface area (Å²) in [5.41, 5.74) is 2.05. The van der Waals surface area contributed by atoms with E-state index in [1.165, 1.54) is 29.1 Å². The van der Waals surface area contributed by atoms with Gasteiger partial charge < -0.3 is 4.90 Å². The predicted octanol–water partition coefficient (Wildman–Crippen LogP) is 1.41. The molecule has 0 N–H and O–H groups in total. The number of amides is 3. The third-order valence-corrected chi connectivity index (χ3v) is 6.57. The first-order valence-corrected chi connectivity index (χ1v) is 11.6. The Hall–Kier alpha value is -2.55. The van der Waals surface area contributed by atoms with Crippen LogP contribution in [0, 0.1) is 0 Å². The second kappa shape index (κ2) is 8.90. The van der Waals surface area contributed by atoms with Crippen LogP contribution in [0.25, 0.3) is 0 Å². The van der Waals surface area contributed by atoms with Gasteiger partial charge >= 0.3 is 12.0 Å². The molecule has 3 amide bonds. The van der Waals surface area contributed by atoms with Crippen molar-refractivity contribution in [2.75, 3.05) is 39.8 Å². The maximum Gasteiger partial charge on any atom is 0.421 e. The van der Waals surface area contributed by atoms with E-state index in [1.54, 1.807) is 7.05 Å². The number of likely N-dealkylation sites (N-methyl/N-ethyl adjacent to an activating group) is 2. The number of amidine groups is 1. The lowest BCUT2D eigenvalue weighted by Crippen LogP contribution is -2.63. The van der Waals surface area contributed by atoms with Crippen LogP contribution in [-0.4, -0.2) is 98.6 Å². The number of carbonyl (C=O) groups is 2. The van der Waals surface area contributed by atoms with Gasteiger partial charge in [0.25, 0.3) is 5.91 Å². The molecule has 0 aliphatic carbocycles. The number of urea groups is 1. The van der Waals surface area contributed by atoms with Gasteiger partial charge in [0, 0.05) is 26.6 Å². The summed E-state index contributed by atoms with van der Waals surface area (Å²) in [6.07, 6.45) is 5.29. The first kappa shape index (κ1) is 21.7. The second-order valence-electron chi connectivity index (χ2n) is 8.44. The standard InChI is InChI=1S/C22H34N7O2/c1-5-16-15-17(6-2)29(24-16)21-23-19-18(27(21)7-3)20(30)28(22(31)25(19)4)14-13-26-11-9-8-10-12-26/h15,18H,5-14H2,1-4H3/q+1. The van der Waals surface area contributed by atoms with Crippen molar-refractivity contribution in [1.82, 2.24) is 24.5 Å². The van der Waals surface area contributed by atoms with Crippen molar-refractivity contribution in [3.8, 4) is 0 Å². The zero-order chi connectivity index (χ0) is 22.1. The van der Waals surface area contributed by atoms with Gasteiger partial charge in [-0.25, -0.2) is 9.37 Å². The molecule has 2 fully saturated rings. The van der Waals surface area contributed by atoms with Gasteiger partial charge in [-0.1, -0.05) is 25.3 Å². The van der Waals surface area contributed by atoms with Crippen LogP contribution in [0.5, 0.6) is 0 Å². The molecule has 1 aromatic heterocycles. The first-order chi connectivity index (χ1) is 15.0. The van der Waals surface area contributed by atoms with Crippen LogP contribution in [0.4, 0.5) is 4.79 Å². The van der Waals surface area contributed by atoms with Crippen LogP contribution in [0.1, 0.15) is 51.4 Å². The summed E-state index contributed by atoms with van der Waals surface area (Å²) >= 11 is 0. The van der Waals surface area contributed by atoms with Crippen LogP contribution in [0.2, 0.25) is 0 Å². The Morgan fingerprint density at radius 2 is 1.81 bits per heavy atom. The number of imide groups is 1. The van der Waals surface area contributed by atoms with Gasteiger partial charge in [-0.15, -0.1) is 9.78 Å². The summed E-state index contributed by atoms with van der Waals surface area (Å²) in [4.78, 5) is 36.6. The number of likely N-dealkylation sites (tertiary alicyclic amines) is 1. The van der Waals surface area contributed by atoms with Crippen LogP contribution >= 0.6 is 0 Å². The van der Waals surface area contributed by atoms with Crippen molar-refractivity contribution in [3.63, 3.8) is 0 Å². The SMILES string of the molecule is CCc1cc(CC)n(C2=[N+](CC)C3C(=O)N(CCN4CCCCC4)C(=O)N(C)C3=N2)n1. The summed E-state index contributed by atoms with van der Waals surface area (Å²) < 4.78 is 3.82. The first-order valence-electron chi connectivity index (χ1n) is 11.6. The lowest BCUT2D eigenvalue weighted by atomic mass is 10.1. The predicted molar refractivity (Wildman–Crippen MR) is 119 cm³/mol. The average Bonchev–Trinajstić information content (AvgIpc) is 3.39. The highest BCUT2D eigenvalue weighted by Crippen LogP contribution is 2.21. The number of aromatic nitrogens is 2. The number of hydrogen-bond acceptors (Lipinski definition) is 5. The molecule has 31 heavy (non-hydrogen) atoms. The molecular formula is C22H34N7O2+. The quantitative estimate of drug-likeness (QED) is 0.642. The molecule has 1 aromatic rings. The van der Waals surface area contributed by atoms with Crippen LogP contribution in [0.15, 0.2) is 11.1 Å². The number of fused-ring (bicyclic) bond motifs is 1. The topological polar surface area (TPSA) is 77.0 Å². The van der Waals surface area contributed by atoms with Crippen molar-refractivity contribution in [1.29, 1.82) is 0 Å². The van der Waals surface area contributed by atoms with Gasteiger partial charge in [0.2, 0.25) is 11.9 Å². The normalized spacial score (nSPS) is 22.5. The van der Waals surface area contributed by atoms with E-state index in [0.717, 1.165) is 43.9 Å². The van der Waals surface area contributed by atoms with Crippen molar-refractivity contribution < 1.29 is 14.2 Å². The zero-order valence-corrected chi connectivity index (χ0v) is 19.2. The van der Waals surface area contributed by atoms with Gasteiger partial charge in [-0.2, -0.15) is 0 Å². The molecule has 9 heteroatoms. The second-order valence-corrected chi connectivity index (χ2v) is 8.44. The third kappa shape index (κ3) is 3.79. The van der Waals surface area contributed by atoms with Gasteiger partial charge in [0.05, 0.1) is 12.2 Å². The van der Waals surface area contributed by atoms with Gasteiger partial charge in [-0.05, 0) is 45.3 Å². The molecule has 0 saturated carbocycles. The summed E-state index contributed by atoms with van der Waals surface area (Å²) in [5, 5.41) is 4.72. The number of aryl methyl sites for hydroxylation is 2. The van der Waals surface area contributed by atoms with Crippen molar-refractivity contribution >= 4 is 23.7 Å². The molecular weight excluding hydrogens is 394 g/mol. The number of rotatable bonds is 6. The number of carbonyl (C=O) groups excluding carboxylic acids is 2. The largest absolute Gasteiger partial charge is 0.421 e. The average molecular weight is 429 g/mol. The van der Waals surface area contributed by atoms with Crippen LogP contribution < -0.4 is 0 Å². The summed E-state index contributed by atoms with van der Waals surface area (Å²) in [6.45, 7) is 10.0. The zero-order valence-electron chi connectivity index (χ0n) is 19.2. The molecule has 2 saturated heterocycles. The van der Waals surface area contributed by atoms with E-state index in [4.69, 9.17) is 10.1 Å². The van der Waals surface area contributed by atoms with Gasteiger partial charge in [0.1, 0.15) is 5.69 Å². The fourth-order valence-corrected chi connectivity index (χ4v) is 4.70. The van der Waals surface area contributed by atoms with Crippen molar-refractivity contribution in [2.45, 2.75) is 58.9 Å². The van der Waals surface area contributed by atoms with E-state index in [0.29, 0.717) is 24.9 Å². The Morgan fingerprint density at radius 3 is 2.45 bits per heavy atom. The Balaban J connectivity index is 1.64. The Morgan fingerprint density at radius 1 is 1.06 bits per heavy atom. The maximum absolute atomic E-state index is 13.5. The van der Waals surface area contributed by atoms with E-state index < -0.39 is 6.04 Å². The van der Waals surface area contributed by atoms with E-state index in [1.807, 2.05) is 16.2 Å². The fourth-order valence-electron chi connectivity index (χ4n) is 4.70. The molecule has 4 heterocycles. The molecule has 4 rings (SSSR count). The molecule has 3 aliphatic heterocycles. The summed E-state index contributed by atoms with van der Waals surface area (Å²) in [6, 6.07) is 1.22. The number of hydrogen-bond donors (Lipinski definition) is 0. The minimum absolute atomic E-state index is 0.184. The molecule has 168 valence electrons.